The topological polar surface area (TPSA) is 110 Å². The zero-order valence-corrected chi connectivity index (χ0v) is 12.2. The van der Waals surface area contributed by atoms with Crippen LogP contribution in [0, 0.1) is 5.41 Å². The molecule has 8 heteroatoms. The summed E-state index contributed by atoms with van der Waals surface area (Å²) >= 11 is 0. The molecule has 0 radical (unpaired) electrons. The summed E-state index contributed by atoms with van der Waals surface area (Å²) in [6.45, 7) is 2.46. The number of aliphatic hydroxyl groups excluding tert-OH is 1. The highest BCUT2D eigenvalue weighted by Crippen LogP contribution is 2.32. The van der Waals surface area contributed by atoms with Gasteiger partial charge in [-0.3, -0.25) is 4.79 Å². The summed E-state index contributed by atoms with van der Waals surface area (Å²) in [6.07, 6.45) is -0.239. The third-order valence-electron chi connectivity index (χ3n) is 4.33. The maximum absolute atomic E-state index is 12.5. The average molecular weight is 299 g/mol. The summed E-state index contributed by atoms with van der Waals surface area (Å²) in [5.41, 5.74) is -0.651. The van der Waals surface area contributed by atoms with Crippen LogP contribution in [-0.2, 0) is 9.59 Å². The predicted octanol–water partition coefficient (Wildman–Crippen LogP) is -0.916. The van der Waals surface area contributed by atoms with Gasteiger partial charge in [-0.25, -0.2) is 9.59 Å². The molecule has 2 aliphatic heterocycles. The Morgan fingerprint density at radius 3 is 2.57 bits per heavy atom. The standard InChI is InChI=1S/C13H21N3O5/c1-13(11(20)14-2)3-4-15(7-13)12(21)16-6-8(17)5-9(16)10(18)19/h8-9,17H,3-7H2,1-2H3,(H,14,20)(H,18,19)/t8-,9-,13?/m0/s1. The quantitative estimate of drug-likeness (QED) is 0.611. The first-order valence-electron chi connectivity index (χ1n) is 6.97. The van der Waals surface area contributed by atoms with E-state index in [0.717, 1.165) is 0 Å². The van der Waals surface area contributed by atoms with E-state index in [9.17, 15) is 19.5 Å². The molecule has 0 aromatic heterocycles. The Balaban J connectivity index is 2.08. The lowest BCUT2D eigenvalue weighted by Gasteiger charge is -2.28. The molecule has 21 heavy (non-hydrogen) atoms. The molecule has 2 rings (SSSR count). The van der Waals surface area contributed by atoms with Crippen LogP contribution in [0.2, 0.25) is 0 Å². The number of hydrogen-bond acceptors (Lipinski definition) is 4. The summed E-state index contributed by atoms with van der Waals surface area (Å²) < 4.78 is 0. The van der Waals surface area contributed by atoms with E-state index >= 15 is 0 Å². The number of nitrogens with one attached hydrogen (secondary N) is 1. The fourth-order valence-electron chi connectivity index (χ4n) is 3.05. The summed E-state index contributed by atoms with van der Waals surface area (Å²) in [5.74, 6) is -1.25. The molecular formula is C13H21N3O5. The predicted molar refractivity (Wildman–Crippen MR) is 72.5 cm³/mol. The van der Waals surface area contributed by atoms with E-state index in [-0.39, 0.29) is 25.4 Å². The molecule has 2 saturated heterocycles. The van der Waals surface area contributed by atoms with Crippen LogP contribution < -0.4 is 5.32 Å². The van der Waals surface area contributed by atoms with E-state index < -0.39 is 29.6 Å². The zero-order valence-electron chi connectivity index (χ0n) is 12.2. The lowest BCUT2D eigenvalue weighted by Crippen LogP contribution is -2.48. The van der Waals surface area contributed by atoms with Gasteiger partial charge in [0.05, 0.1) is 11.5 Å². The third kappa shape index (κ3) is 2.80. The number of carbonyl (C=O) groups excluding carboxylic acids is 2. The Labute approximate surface area is 122 Å². The molecule has 2 aliphatic rings. The van der Waals surface area contributed by atoms with Crippen LogP contribution in [0.4, 0.5) is 4.79 Å². The largest absolute Gasteiger partial charge is 0.480 e. The van der Waals surface area contributed by atoms with Gasteiger partial charge in [0.15, 0.2) is 0 Å². The second kappa shape index (κ2) is 5.51. The van der Waals surface area contributed by atoms with Gasteiger partial charge in [-0.2, -0.15) is 0 Å². The molecule has 0 aliphatic carbocycles. The van der Waals surface area contributed by atoms with Gasteiger partial charge < -0.3 is 25.3 Å². The number of carboxylic acid groups (broad SMARTS) is 1. The zero-order chi connectivity index (χ0) is 15.8. The van der Waals surface area contributed by atoms with Crippen LogP contribution in [0.15, 0.2) is 0 Å². The van der Waals surface area contributed by atoms with Gasteiger partial charge in [-0.1, -0.05) is 0 Å². The molecule has 2 heterocycles. The highest BCUT2D eigenvalue weighted by molar-refractivity contribution is 5.86. The Morgan fingerprint density at radius 2 is 2.00 bits per heavy atom. The number of urea groups is 1. The molecule has 1 unspecified atom stereocenters. The molecule has 0 aromatic rings. The smallest absolute Gasteiger partial charge is 0.326 e. The molecule has 3 N–H and O–H groups in total. The van der Waals surface area contributed by atoms with Crippen LogP contribution in [-0.4, -0.2) is 76.7 Å². The minimum absolute atomic E-state index is 0.0169. The number of amides is 3. The van der Waals surface area contributed by atoms with Crippen molar-refractivity contribution in [1.82, 2.24) is 15.1 Å². The van der Waals surface area contributed by atoms with Gasteiger partial charge in [-0.05, 0) is 13.3 Å². The number of hydrogen-bond donors (Lipinski definition) is 3. The second-order valence-corrected chi connectivity index (χ2v) is 5.99. The first-order chi connectivity index (χ1) is 9.78. The van der Waals surface area contributed by atoms with E-state index in [1.807, 2.05) is 0 Å². The molecule has 0 bridgehead atoms. The highest BCUT2D eigenvalue weighted by atomic mass is 16.4. The van der Waals surface area contributed by atoms with Crippen molar-refractivity contribution in [2.75, 3.05) is 26.7 Å². The Morgan fingerprint density at radius 1 is 1.33 bits per heavy atom. The van der Waals surface area contributed by atoms with Crippen molar-refractivity contribution in [2.45, 2.75) is 31.9 Å². The highest BCUT2D eigenvalue weighted by Gasteiger charge is 2.46. The summed E-state index contributed by atoms with van der Waals surface area (Å²) in [4.78, 5) is 38.1. The molecule has 0 spiro atoms. The Bertz CT molecular complexity index is 469. The lowest BCUT2D eigenvalue weighted by atomic mass is 9.89. The first-order valence-corrected chi connectivity index (χ1v) is 6.97. The van der Waals surface area contributed by atoms with Crippen LogP contribution in [0.1, 0.15) is 19.8 Å². The van der Waals surface area contributed by atoms with Crippen molar-refractivity contribution in [3.8, 4) is 0 Å². The lowest BCUT2D eigenvalue weighted by molar-refractivity contribution is -0.141. The van der Waals surface area contributed by atoms with Crippen molar-refractivity contribution in [3.63, 3.8) is 0 Å². The van der Waals surface area contributed by atoms with Gasteiger partial charge >= 0.3 is 12.0 Å². The number of likely N-dealkylation sites (tertiary alicyclic amines) is 2. The number of aliphatic hydroxyl groups is 1. The average Bonchev–Trinajstić information content (AvgIpc) is 3.01. The molecule has 3 atom stereocenters. The van der Waals surface area contributed by atoms with E-state index in [1.165, 1.54) is 9.80 Å². The monoisotopic (exact) mass is 299 g/mol. The van der Waals surface area contributed by atoms with Crippen LogP contribution >= 0.6 is 0 Å². The Hall–Kier alpha value is -1.83. The fourth-order valence-corrected chi connectivity index (χ4v) is 3.05. The number of carboxylic acids is 1. The number of aliphatic carboxylic acids is 1. The van der Waals surface area contributed by atoms with Gasteiger partial charge in [0.2, 0.25) is 5.91 Å². The minimum Gasteiger partial charge on any atom is -0.480 e. The SMILES string of the molecule is CNC(=O)C1(C)CCN(C(=O)N2C[C@@H](O)C[C@H]2C(=O)O)C1. The summed E-state index contributed by atoms with van der Waals surface area (Å²) in [6, 6.07) is -1.43. The molecular weight excluding hydrogens is 278 g/mol. The molecule has 0 aromatic carbocycles. The molecule has 0 saturated carbocycles. The van der Waals surface area contributed by atoms with Crippen LogP contribution in [0.3, 0.4) is 0 Å². The van der Waals surface area contributed by atoms with E-state index in [0.29, 0.717) is 13.0 Å². The van der Waals surface area contributed by atoms with E-state index in [1.54, 1.807) is 14.0 Å². The maximum Gasteiger partial charge on any atom is 0.326 e. The van der Waals surface area contributed by atoms with E-state index in [2.05, 4.69) is 5.32 Å². The molecule has 3 amide bonds. The normalized spacial score (nSPS) is 32.3. The first kappa shape index (κ1) is 15.6. The molecule has 2 fully saturated rings. The fraction of sp³-hybridized carbons (Fsp3) is 0.769. The van der Waals surface area contributed by atoms with Gasteiger partial charge in [0.25, 0.3) is 0 Å². The third-order valence-corrected chi connectivity index (χ3v) is 4.33. The van der Waals surface area contributed by atoms with Gasteiger partial charge in [0.1, 0.15) is 6.04 Å². The number of carbonyl (C=O) groups is 3. The van der Waals surface area contributed by atoms with Crippen LogP contribution in [0.5, 0.6) is 0 Å². The second-order valence-electron chi connectivity index (χ2n) is 5.99. The summed E-state index contributed by atoms with van der Waals surface area (Å²) in [5, 5.41) is 21.3. The van der Waals surface area contributed by atoms with Crippen molar-refractivity contribution in [1.29, 1.82) is 0 Å². The van der Waals surface area contributed by atoms with Gasteiger partial charge in [-0.15, -0.1) is 0 Å². The van der Waals surface area contributed by atoms with Crippen LogP contribution in [0.25, 0.3) is 0 Å². The van der Waals surface area contributed by atoms with Crippen molar-refractivity contribution in [3.05, 3.63) is 0 Å². The number of nitrogens with zero attached hydrogens (tertiary/aromatic N) is 2. The molecule has 8 nitrogen and oxygen atoms in total. The summed E-state index contributed by atoms with van der Waals surface area (Å²) in [7, 11) is 1.55. The number of rotatable bonds is 2. The van der Waals surface area contributed by atoms with Crippen molar-refractivity contribution in [2.24, 2.45) is 5.41 Å². The van der Waals surface area contributed by atoms with Crippen molar-refractivity contribution < 1.29 is 24.6 Å². The maximum atomic E-state index is 12.5. The molecule has 118 valence electrons. The number of β-amino-alcohol motifs (C(OH)–C–C–N with tert-alkyl or cyclic N) is 1. The Kier molecular flexibility index (Phi) is 4.08. The van der Waals surface area contributed by atoms with E-state index in [4.69, 9.17) is 5.11 Å². The minimum atomic E-state index is -1.12. The van der Waals surface area contributed by atoms with Gasteiger partial charge in [0, 0.05) is 33.1 Å². The van der Waals surface area contributed by atoms with Crippen molar-refractivity contribution >= 4 is 17.9 Å².